The molecule has 0 spiro atoms. The topological polar surface area (TPSA) is 64.2 Å². The van der Waals surface area contributed by atoms with E-state index in [1.54, 1.807) is 23.1 Å². The number of hydrogen-bond acceptors (Lipinski definition) is 4. The van der Waals surface area contributed by atoms with Crippen LogP contribution in [0.1, 0.15) is 10.4 Å². The SMILES string of the molecule is CN1CCN(S(=O)(=O)N2CCN(C(=O)c3cc(Br)ccc3Cl)CC2)CC1. The molecule has 3 rings (SSSR count). The molecule has 1 aromatic carbocycles. The summed E-state index contributed by atoms with van der Waals surface area (Å²) in [6.07, 6.45) is 0. The van der Waals surface area contributed by atoms with Crippen LogP contribution in [0.3, 0.4) is 0 Å². The van der Waals surface area contributed by atoms with Crippen LogP contribution >= 0.6 is 27.5 Å². The molecule has 144 valence electrons. The molecule has 10 heteroatoms. The Kier molecular flexibility index (Phi) is 6.25. The van der Waals surface area contributed by atoms with Gasteiger partial charge in [-0.3, -0.25) is 4.79 Å². The Hall–Kier alpha value is -0.710. The van der Waals surface area contributed by atoms with Gasteiger partial charge in [-0.15, -0.1) is 0 Å². The van der Waals surface area contributed by atoms with E-state index in [9.17, 15) is 13.2 Å². The number of carbonyl (C=O) groups excluding carboxylic acids is 1. The standard InChI is InChI=1S/C16H22BrClN4O3S/c1-19-4-8-21(9-5-19)26(24,25)22-10-6-20(7-11-22)16(23)14-12-13(17)2-3-15(14)18/h2-3,12H,4-11H2,1H3. The van der Waals surface area contributed by atoms with Gasteiger partial charge in [0.05, 0.1) is 10.6 Å². The molecular formula is C16H22BrClN4O3S. The quantitative estimate of drug-likeness (QED) is 0.676. The number of amides is 1. The molecule has 0 saturated carbocycles. The second-order valence-electron chi connectivity index (χ2n) is 6.53. The molecule has 7 nitrogen and oxygen atoms in total. The number of benzene rings is 1. The van der Waals surface area contributed by atoms with Gasteiger partial charge in [-0.1, -0.05) is 27.5 Å². The molecule has 0 aromatic heterocycles. The highest BCUT2D eigenvalue weighted by Crippen LogP contribution is 2.23. The van der Waals surface area contributed by atoms with E-state index in [0.29, 0.717) is 49.9 Å². The first-order valence-electron chi connectivity index (χ1n) is 8.47. The van der Waals surface area contributed by atoms with Crippen LogP contribution in [0.4, 0.5) is 0 Å². The van der Waals surface area contributed by atoms with Crippen molar-refractivity contribution < 1.29 is 13.2 Å². The van der Waals surface area contributed by atoms with Gasteiger partial charge in [0.1, 0.15) is 0 Å². The number of nitrogens with zero attached hydrogens (tertiary/aromatic N) is 4. The summed E-state index contributed by atoms with van der Waals surface area (Å²) in [6, 6.07) is 5.14. The van der Waals surface area contributed by atoms with E-state index < -0.39 is 10.2 Å². The highest BCUT2D eigenvalue weighted by molar-refractivity contribution is 9.10. The molecule has 0 unspecified atom stereocenters. The van der Waals surface area contributed by atoms with Crippen LogP contribution in [-0.2, 0) is 10.2 Å². The summed E-state index contributed by atoms with van der Waals surface area (Å²) in [7, 11) is -1.48. The molecule has 2 saturated heterocycles. The zero-order valence-electron chi connectivity index (χ0n) is 14.6. The van der Waals surface area contributed by atoms with Gasteiger partial charge in [0, 0.05) is 56.8 Å². The molecule has 2 fully saturated rings. The van der Waals surface area contributed by atoms with Gasteiger partial charge in [0.25, 0.3) is 16.1 Å². The van der Waals surface area contributed by atoms with Crippen molar-refractivity contribution in [2.75, 3.05) is 59.4 Å². The smallest absolute Gasteiger partial charge is 0.282 e. The summed E-state index contributed by atoms with van der Waals surface area (Å²) in [5.74, 6) is -0.173. The normalized spacial score (nSPS) is 21.1. The average molecular weight is 466 g/mol. The Labute approximate surface area is 167 Å². The fourth-order valence-corrected chi connectivity index (χ4v) is 5.27. The second-order valence-corrected chi connectivity index (χ2v) is 9.78. The summed E-state index contributed by atoms with van der Waals surface area (Å²) in [5, 5.41) is 0.394. The molecule has 0 radical (unpaired) electrons. The molecule has 0 aliphatic carbocycles. The third-order valence-corrected chi connectivity index (χ3v) is 7.66. The molecule has 2 heterocycles. The highest BCUT2D eigenvalue weighted by Gasteiger charge is 2.35. The number of rotatable bonds is 3. The van der Waals surface area contributed by atoms with Crippen LogP contribution in [0.2, 0.25) is 5.02 Å². The minimum atomic E-state index is -3.47. The van der Waals surface area contributed by atoms with Crippen LogP contribution in [0.5, 0.6) is 0 Å². The number of piperazine rings is 2. The Balaban J connectivity index is 1.63. The third-order valence-electron chi connectivity index (χ3n) is 4.80. The van der Waals surface area contributed by atoms with Crippen LogP contribution in [0.15, 0.2) is 22.7 Å². The van der Waals surface area contributed by atoms with E-state index in [1.165, 1.54) is 8.61 Å². The lowest BCUT2D eigenvalue weighted by Gasteiger charge is -2.39. The molecule has 2 aliphatic rings. The van der Waals surface area contributed by atoms with E-state index in [-0.39, 0.29) is 5.91 Å². The maximum Gasteiger partial charge on any atom is 0.282 e. The van der Waals surface area contributed by atoms with Crippen LogP contribution < -0.4 is 0 Å². The van der Waals surface area contributed by atoms with Gasteiger partial charge in [-0.05, 0) is 25.2 Å². The first kappa shape index (κ1) is 20.0. The Morgan fingerprint density at radius 3 is 2.12 bits per heavy atom. The summed E-state index contributed by atoms with van der Waals surface area (Å²) in [5.41, 5.74) is 0.427. The molecule has 2 aliphatic heterocycles. The minimum Gasteiger partial charge on any atom is -0.336 e. The largest absolute Gasteiger partial charge is 0.336 e. The molecule has 26 heavy (non-hydrogen) atoms. The summed E-state index contributed by atoms with van der Waals surface area (Å²) in [6.45, 7) is 3.79. The predicted octanol–water partition coefficient (Wildman–Crippen LogP) is 1.35. The van der Waals surface area contributed by atoms with Gasteiger partial charge >= 0.3 is 0 Å². The van der Waals surface area contributed by atoms with Crippen molar-refractivity contribution >= 4 is 43.6 Å². The average Bonchev–Trinajstić information content (AvgIpc) is 2.63. The van der Waals surface area contributed by atoms with Crippen molar-refractivity contribution in [3.05, 3.63) is 33.3 Å². The number of likely N-dealkylation sites (N-methyl/N-ethyl adjacent to an activating group) is 1. The number of halogens is 2. The van der Waals surface area contributed by atoms with Crippen molar-refractivity contribution in [2.45, 2.75) is 0 Å². The lowest BCUT2D eigenvalue weighted by Crippen LogP contribution is -2.57. The van der Waals surface area contributed by atoms with Gasteiger partial charge in [0.2, 0.25) is 0 Å². The fraction of sp³-hybridized carbons (Fsp3) is 0.562. The first-order valence-corrected chi connectivity index (χ1v) is 11.0. The van der Waals surface area contributed by atoms with E-state index in [0.717, 1.165) is 17.6 Å². The van der Waals surface area contributed by atoms with Crippen LogP contribution in [0, 0.1) is 0 Å². The van der Waals surface area contributed by atoms with Crippen LogP contribution in [0.25, 0.3) is 0 Å². The fourth-order valence-electron chi connectivity index (χ4n) is 3.14. The minimum absolute atomic E-state index is 0.173. The van der Waals surface area contributed by atoms with Crippen molar-refractivity contribution in [3.63, 3.8) is 0 Å². The highest BCUT2D eigenvalue weighted by atomic mass is 79.9. The lowest BCUT2D eigenvalue weighted by molar-refractivity contribution is 0.0692. The van der Waals surface area contributed by atoms with Crippen LogP contribution in [-0.4, -0.2) is 92.1 Å². The number of hydrogen-bond donors (Lipinski definition) is 0. The maximum absolute atomic E-state index is 12.8. The van der Waals surface area contributed by atoms with E-state index >= 15 is 0 Å². The van der Waals surface area contributed by atoms with Gasteiger partial charge in [-0.2, -0.15) is 17.0 Å². The van der Waals surface area contributed by atoms with Gasteiger partial charge in [0.15, 0.2) is 0 Å². The number of carbonyl (C=O) groups is 1. The third kappa shape index (κ3) is 4.23. The Bertz CT molecular complexity index is 776. The van der Waals surface area contributed by atoms with E-state index in [4.69, 9.17) is 11.6 Å². The van der Waals surface area contributed by atoms with Crippen molar-refractivity contribution in [1.29, 1.82) is 0 Å². The summed E-state index contributed by atoms with van der Waals surface area (Å²) < 4.78 is 29.4. The van der Waals surface area contributed by atoms with Crippen molar-refractivity contribution in [3.8, 4) is 0 Å². The second kappa shape index (κ2) is 8.12. The molecule has 1 amide bonds. The molecule has 1 aromatic rings. The van der Waals surface area contributed by atoms with E-state index in [2.05, 4.69) is 20.8 Å². The maximum atomic E-state index is 12.8. The zero-order valence-corrected chi connectivity index (χ0v) is 17.7. The zero-order chi connectivity index (χ0) is 18.9. The van der Waals surface area contributed by atoms with Crippen molar-refractivity contribution in [1.82, 2.24) is 18.4 Å². The lowest BCUT2D eigenvalue weighted by atomic mass is 10.2. The van der Waals surface area contributed by atoms with E-state index in [1.807, 2.05) is 7.05 Å². The molecule has 0 bridgehead atoms. The van der Waals surface area contributed by atoms with Gasteiger partial charge in [-0.25, -0.2) is 0 Å². The monoisotopic (exact) mass is 464 g/mol. The molecule has 0 atom stereocenters. The Morgan fingerprint density at radius 2 is 1.54 bits per heavy atom. The Morgan fingerprint density at radius 1 is 1.00 bits per heavy atom. The predicted molar refractivity (Wildman–Crippen MR) is 105 cm³/mol. The van der Waals surface area contributed by atoms with Gasteiger partial charge < -0.3 is 9.80 Å². The summed E-state index contributed by atoms with van der Waals surface area (Å²) in [4.78, 5) is 16.5. The molecular weight excluding hydrogens is 444 g/mol. The molecule has 0 N–H and O–H groups in total. The summed E-state index contributed by atoms with van der Waals surface area (Å²) >= 11 is 9.49. The first-order chi connectivity index (χ1) is 12.3. The van der Waals surface area contributed by atoms with Crippen molar-refractivity contribution in [2.24, 2.45) is 0 Å².